The minimum atomic E-state index is -0.198. The Morgan fingerprint density at radius 3 is 2.81 bits per heavy atom. The van der Waals surface area contributed by atoms with Crippen molar-refractivity contribution in [3.8, 4) is 0 Å². The number of rotatable bonds is 7. The number of benzene rings is 1. The fourth-order valence-electron chi connectivity index (χ4n) is 2.87. The van der Waals surface area contributed by atoms with Crippen molar-refractivity contribution in [2.45, 2.75) is 23.8 Å². The Bertz CT molecular complexity index is 758. The van der Waals surface area contributed by atoms with Gasteiger partial charge in [-0.15, -0.1) is 11.3 Å². The second-order valence-corrected chi connectivity index (χ2v) is 8.75. The molecule has 1 fully saturated rings. The van der Waals surface area contributed by atoms with E-state index in [1.54, 1.807) is 13.1 Å². The molecular formula is C20H24N2O3S2. The molecule has 1 aromatic heterocycles. The van der Waals surface area contributed by atoms with Gasteiger partial charge in [-0.05, 0) is 42.0 Å². The van der Waals surface area contributed by atoms with Crippen LogP contribution in [0.4, 0.5) is 5.69 Å². The maximum Gasteiger partial charge on any atom is 0.264 e. The van der Waals surface area contributed by atoms with Gasteiger partial charge in [-0.2, -0.15) is 11.8 Å². The average molecular weight is 405 g/mol. The van der Waals surface area contributed by atoms with E-state index < -0.39 is 0 Å². The largest absolute Gasteiger partial charge is 0.381 e. The van der Waals surface area contributed by atoms with Crippen LogP contribution in [-0.4, -0.2) is 48.8 Å². The number of ether oxygens (including phenoxy) is 1. The van der Waals surface area contributed by atoms with E-state index in [9.17, 15) is 9.59 Å². The minimum Gasteiger partial charge on any atom is -0.381 e. The lowest BCUT2D eigenvalue weighted by molar-refractivity contribution is -0.116. The number of amides is 2. The Hall–Kier alpha value is -1.83. The molecule has 1 saturated heterocycles. The molecule has 0 spiro atoms. The predicted molar refractivity (Wildman–Crippen MR) is 111 cm³/mol. The number of carbonyl (C=O) groups is 2. The van der Waals surface area contributed by atoms with Crippen LogP contribution >= 0.6 is 23.1 Å². The fourth-order valence-corrected chi connectivity index (χ4v) is 4.72. The minimum absolute atomic E-state index is 0.0256. The molecule has 0 aliphatic carbocycles. The van der Waals surface area contributed by atoms with Crippen molar-refractivity contribution < 1.29 is 14.3 Å². The van der Waals surface area contributed by atoms with Crippen molar-refractivity contribution in [1.29, 1.82) is 0 Å². The van der Waals surface area contributed by atoms with Gasteiger partial charge in [-0.1, -0.05) is 18.2 Å². The quantitative estimate of drug-likeness (QED) is 0.761. The lowest BCUT2D eigenvalue weighted by Crippen LogP contribution is -2.34. The number of likely N-dealkylation sites (N-methyl/N-ethyl adjacent to an activating group) is 1. The van der Waals surface area contributed by atoms with Crippen LogP contribution in [0, 0.1) is 0 Å². The molecule has 1 aliphatic heterocycles. The van der Waals surface area contributed by atoms with Crippen LogP contribution in [-0.2, 0) is 15.3 Å². The van der Waals surface area contributed by atoms with Gasteiger partial charge < -0.3 is 15.0 Å². The van der Waals surface area contributed by atoms with Crippen LogP contribution < -0.4 is 5.32 Å². The molecule has 144 valence electrons. The summed E-state index contributed by atoms with van der Waals surface area (Å²) in [6, 6.07) is 11.5. The van der Waals surface area contributed by atoms with Gasteiger partial charge >= 0.3 is 0 Å². The van der Waals surface area contributed by atoms with E-state index in [1.165, 1.54) is 21.8 Å². The molecule has 0 bridgehead atoms. The number of nitrogens with one attached hydrogen (secondary N) is 1. The highest BCUT2D eigenvalue weighted by atomic mass is 32.2. The van der Waals surface area contributed by atoms with Gasteiger partial charge in [-0.25, -0.2) is 0 Å². The van der Waals surface area contributed by atoms with Gasteiger partial charge in [0.2, 0.25) is 5.91 Å². The molecular weight excluding hydrogens is 380 g/mol. The molecule has 1 aliphatic rings. The molecule has 0 atom stereocenters. The summed E-state index contributed by atoms with van der Waals surface area (Å²) in [5.74, 6) is 0.587. The molecule has 1 aromatic carbocycles. The van der Waals surface area contributed by atoms with Gasteiger partial charge in [0.05, 0.1) is 11.4 Å². The standard InChI is InChI=1S/C20H24N2O3S2/c1-22(20(24)18-6-3-11-26-18)13-19(23)21-16-5-2-4-15(12-16)14-27-17-7-9-25-10-8-17/h2-6,11-12,17H,7-10,13-14H2,1H3,(H,21,23). The van der Waals surface area contributed by atoms with Crippen LogP contribution in [0.3, 0.4) is 0 Å². The first-order chi connectivity index (χ1) is 13.1. The van der Waals surface area contributed by atoms with Crippen molar-refractivity contribution in [1.82, 2.24) is 4.90 Å². The van der Waals surface area contributed by atoms with E-state index in [0.717, 1.165) is 37.5 Å². The van der Waals surface area contributed by atoms with Crippen molar-refractivity contribution in [3.63, 3.8) is 0 Å². The number of hydrogen-bond acceptors (Lipinski definition) is 5. The molecule has 1 N–H and O–H groups in total. The van der Waals surface area contributed by atoms with E-state index in [1.807, 2.05) is 41.4 Å². The van der Waals surface area contributed by atoms with Crippen LogP contribution in [0.15, 0.2) is 41.8 Å². The van der Waals surface area contributed by atoms with Gasteiger partial charge in [0, 0.05) is 37.0 Å². The lowest BCUT2D eigenvalue weighted by Gasteiger charge is -2.21. The molecule has 0 unspecified atom stereocenters. The Balaban J connectivity index is 1.49. The lowest BCUT2D eigenvalue weighted by atomic mass is 10.2. The molecule has 3 rings (SSSR count). The van der Waals surface area contributed by atoms with Crippen LogP contribution in [0.2, 0.25) is 0 Å². The third-order valence-corrected chi connectivity index (χ3v) is 6.62. The summed E-state index contributed by atoms with van der Waals surface area (Å²) in [7, 11) is 1.64. The highest BCUT2D eigenvalue weighted by Gasteiger charge is 2.16. The molecule has 0 saturated carbocycles. The zero-order chi connectivity index (χ0) is 19.1. The smallest absolute Gasteiger partial charge is 0.264 e. The first kappa shape index (κ1) is 19.9. The summed E-state index contributed by atoms with van der Waals surface area (Å²) >= 11 is 3.32. The maximum atomic E-state index is 12.3. The predicted octanol–water partition coefficient (Wildman–Crippen LogP) is 3.87. The summed E-state index contributed by atoms with van der Waals surface area (Å²) in [5, 5.41) is 5.39. The monoisotopic (exact) mass is 404 g/mol. The van der Waals surface area contributed by atoms with Crippen molar-refractivity contribution >= 4 is 40.6 Å². The SMILES string of the molecule is CN(CC(=O)Nc1cccc(CSC2CCOCC2)c1)C(=O)c1cccs1. The summed E-state index contributed by atoms with van der Waals surface area (Å²) in [6.45, 7) is 1.73. The zero-order valence-corrected chi connectivity index (χ0v) is 17.0. The van der Waals surface area contributed by atoms with E-state index >= 15 is 0 Å². The van der Waals surface area contributed by atoms with E-state index in [2.05, 4.69) is 11.4 Å². The third kappa shape index (κ3) is 6.09. The number of thioether (sulfide) groups is 1. The summed E-state index contributed by atoms with van der Waals surface area (Å²) in [4.78, 5) is 26.6. The zero-order valence-electron chi connectivity index (χ0n) is 15.3. The second kappa shape index (κ2) is 9.92. The van der Waals surface area contributed by atoms with E-state index in [-0.39, 0.29) is 18.4 Å². The molecule has 5 nitrogen and oxygen atoms in total. The van der Waals surface area contributed by atoms with Gasteiger partial charge in [0.1, 0.15) is 0 Å². The molecule has 2 amide bonds. The Labute approximate surface area is 168 Å². The third-order valence-electron chi connectivity index (χ3n) is 4.32. The van der Waals surface area contributed by atoms with Gasteiger partial charge in [0.25, 0.3) is 5.91 Å². The molecule has 2 heterocycles. The summed E-state index contributed by atoms with van der Waals surface area (Å²) < 4.78 is 5.40. The number of thiophene rings is 1. The normalized spacial score (nSPS) is 14.7. The highest BCUT2D eigenvalue weighted by Crippen LogP contribution is 2.26. The van der Waals surface area contributed by atoms with Crippen molar-refractivity contribution in [2.24, 2.45) is 0 Å². The van der Waals surface area contributed by atoms with Gasteiger partial charge in [-0.3, -0.25) is 9.59 Å². The second-order valence-electron chi connectivity index (χ2n) is 6.51. The maximum absolute atomic E-state index is 12.3. The Morgan fingerprint density at radius 1 is 1.26 bits per heavy atom. The van der Waals surface area contributed by atoms with Crippen molar-refractivity contribution in [2.75, 3.05) is 32.1 Å². The number of nitrogens with zero attached hydrogens (tertiary/aromatic N) is 1. The number of carbonyl (C=O) groups excluding carboxylic acids is 2. The average Bonchev–Trinajstić information content (AvgIpc) is 3.21. The van der Waals surface area contributed by atoms with Gasteiger partial charge in [0.15, 0.2) is 0 Å². The topological polar surface area (TPSA) is 58.6 Å². The molecule has 27 heavy (non-hydrogen) atoms. The number of hydrogen-bond donors (Lipinski definition) is 1. The molecule has 2 aromatic rings. The van der Waals surface area contributed by atoms with Crippen LogP contribution in [0.25, 0.3) is 0 Å². The first-order valence-corrected chi connectivity index (χ1v) is 10.9. The Kier molecular flexibility index (Phi) is 7.32. The molecule has 0 radical (unpaired) electrons. The highest BCUT2D eigenvalue weighted by molar-refractivity contribution is 7.99. The first-order valence-electron chi connectivity index (χ1n) is 8.99. The van der Waals surface area contributed by atoms with Crippen LogP contribution in [0.5, 0.6) is 0 Å². The number of anilines is 1. The molecule has 7 heteroatoms. The summed E-state index contributed by atoms with van der Waals surface area (Å²) in [5.41, 5.74) is 1.95. The van der Waals surface area contributed by atoms with Crippen LogP contribution in [0.1, 0.15) is 28.1 Å². The summed E-state index contributed by atoms with van der Waals surface area (Å²) in [6.07, 6.45) is 2.21. The fraction of sp³-hybridized carbons (Fsp3) is 0.400. The van der Waals surface area contributed by atoms with Crippen molar-refractivity contribution in [3.05, 3.63) is 52.2 Å². The Morgan fingerprint density at radius 2 is 2.07 bits per heavy atom. The van der Waals surface area contributed by atoms with E-state index in [4.69, 9.17) is 4.74 Å². The van der Waals surface area contributed by atoms with E-state index in [0.29, 0.717) is 10.1 Å².